The van der Waals surface area contributed by atoms with Gasteiger partial charge in [-0.25, -0.2) is 4.68 Å². The average Bonchev–Trinajstić information content (AvgIpc) is 2.90. The van der Waals surface area contributed by atoms with Crippen molar-refractivity contribution in [2.75, 3.05) is 10.6 Å². The first-order valence-electron chi connectivity index (χ1n) is 6.62. The Hall–Kier alpha value is -2.70. The molecular formula is C14H15N5O2. The Kier molecular flexibility index (Phi) is 3.17. The predicted molar refractivity (Wildman–Crippen MR) is 76.9 cm³/mol. The Labute approximate surface area is 121 Å². The summed E-state index contributed by atoms with van der Waals surface area (Å²) in [6.07, 6.45) is 1.37. The van der Waals surface area contributed by atoms with Crippen LogP contribution < -0.4 is 10.6 Å². The number of aromatic nitrogens is 3. The van der Waals surface area contributed by atoms with Crippen LogP contribution in [0.4, 0.5) is 11.6 Å². The minimum absolute atomic E-state index is 0.0486. The third-order valence-electron chi connectivity index (χ3n) is 3.58. The van der Waals surface area contributed by atoms with Crippen LogP contribution in [0, 0.1) is 13.8 Å². The summed E-state index contributed by atoms with van der Waals surface area (Å²) < 4.78 is 1.43. The summed E-state index contributed by atoms with van der Waals surface area (Å²) >= 11 is 0. The van der Waals surface area contributed by atoms with Gasteiger partial charge in [-0.05, 0) is 37.1 Å². The molecule has 2 amide bonds. The van der Waals surface area contributed by atoms with Crippen LogP contribution in [-0.2, 0) is 9.59 Å². The Morgan fingerprint density at radius 1 is 1.38 bits per heavy atom. The highest BCUT2D eigenvalue weighted by molar-refractivity contribution is 6.00. The molecule has 0 fully saturated rings. The fourth-order valence-corrected chi connectivity index (χ4v) is 2.25. The first kappa shape index (κ1) is 13.3. The number of nitrogens with one attached hydrogen (secondary N) is 2. The molecule has 21 heavy (non-hydrogen) atoms. The van der Waals surface area contributed by atoms with E-state index in [1.54, 1.807) is 0 Å². The number of carbonyl (C=O) groups excluding carboxylic acids is 2. The number of rotatable bonds is 2. The van der Waals surface area contributed by atoms with E-state index in [1.807, 2.05) is 32.0 Å². The number of carbonyl (C=O) groups is 2. The van der Waals surface area contributed by atoms with Crippen molar-refractivity contribution in [1.29, 1.82) is 0 Å². The lowest BCUT2D eigenvalue weighted by Crippen LogP contribution is -2.36. The van der Waals surface area contributed by atoms with E-state index in [-0.39, 0.29) is 18.2 Å². The topological polar surface area (TPSA) is 88.9 Å². The fourth-order valence-electron chi connectivity index (χ4n) is 2.25. The quantitative estimate of drug-likeness (QED) is 0.873. The Morgan fingerprint density at radius 3 is 2.95 bits per heavy atom. The molecule has 1 aromatic heterocycles. The maximum atomic E-state index is 12.4. The molecule has 1 aliphatic rings. The second-order valence-electron chi connectivity index (χ2n) is 5.08. The van der Waals surface area contributed by atoms with E-state index in [2.05, 4.69) is 20.7 Å². The third kappa shape index (κ3) is 2.49. The molecule has 0 bridgehead atoms. The maximum Gasteiger partial charge on any atom is 0.249 e. The Morgan fingerprint density at radius 2 is 2.19 bits per heavy atom. The van der Waals surface area contributed by atoms with Crippen molar-refractivity contribution in [3.05, 3.63) is 35.7 Å². The van der Waals surface area contributed by atoms with Gasteiger partial charge in [0.05, 0.1) is 6.42 Å². The van der Waals surface area contributed by atoms with Crippen molar-refractivity contribution in [1.82, 2.24) is 14.8 Å². The first-order chi connectivity index (χ1) is 10.0. The van der Waals surface area contributed by atoms with Crippen LogP contribution in [0.5, 0.6) is 0 Å². The molecule has 0 unspecified atom stereocenters. The molecule has 0 saturated carbocycles. The molecular weight excluding hydrogens is 270 g/mol. The zero-order valence-electron chi connectivity index (χ0n) is 11.8. The number of hydrogen-bond donors (Lipinski definition) is 2. The lowest BCUT2D eigenvalue weighted by molar-refractivity contribution is -0.125. The van der Waals surface area contributed by atoms with E-state index < -0.39 is 6.04 Å². The van der Waals surface area contributed by atoms with Crippen LogP contribution in [0.25, 0.3) is 0 Å². The number of hydrogen-bond acceptors (Lipinski definition) is 4. The fraction of sp³-hybridized carbons (Fsp3) is 0.286. The van der Waals surface area contributed by atoms with E-state index >= 15 is 0 Å². The summed E-state index contributed by atoms with van der Waals surface area (Å²) in [5.41, 5.74) is 2.95. The first-order valence-corrected chi connectivity index (χ1v) is 6.62. The summed E-state index contributed by atoms with van der Waals surface area (Å²) in [5, 5.41) is 9.40. The highest BCUT2D eigenvalue weighted by Crippen LogP contribution is 2.23. The number of aryl methyl sites for hydroxylation is 2. The molecule has 0 saturated heterocycles. The maximum absolute atomic E-state index is 12.4. The van der Waals surface area contributed by atoms with Crippen LogP contribution in [0.15, 0.2) is 24.5 Å². The Balaban J connectivity index is 1.83. The van der Waals surface area contributed by atoms with Crippen LogP contribution in [-0.4, -0.2) is 26.6 Å². The molecule has 108 valence electrons. The van der Waals surface area contributed by atoms with Crippen LogP contribution in [0.1, 0.15) is 23.6 Å². The lowest BCUT2D eigenvalue weighted by atomic mass is 10.1. The van der Waals surface area contributed by atoms with Gasteiger partial charge in [-0.1, -0.05) is 6.07 Å². The smallest absolute Gasteiger partial charge is 0.249 e. The lowest BCUT2D eigenvalue weighted by Gasteiger charge is -2.22. The van der Waals surface area contributed by atoms with Crippen molar-refractivity contribution in [3.8, 4) is 0 Å². The van der Waals surface area contributed by atoms with Crippen molar-refractivity contribution in [2.45, 2.75) is 26.3 Å². The van der Waals surface area contributed by atoms with Crippen molar-refractivity contribution < 1.29 is 9.59 Å². The van der Waals surface area contributed by atoms with Gasteiger partial charge in [-0.3, -0.25) is 14.9 Å². The van der Waals surface area contributed by atoms with E-state index in [4.69, 9.17) is 0 Å². The molecule has 0 radical (unpaired) electrons. The standard InChI is InChI=1S/C14H15N5O2/c1-8-3-4-10(5-9(8)2)17-13(21)11-6-12(20)18-14-15-7-16-19(11)14/h3-5,7,11H,6H2,1-2H3,(H,17,21)(H,15,16,18,20)/t11-/m0/s1. The minimum atomic E-state index is -0.683. The van der Waals surface area contributed by atoms with Gasteiger partial charge in [0, 0.05) is 5.69 Å². The van der Waals surface area contributed by atoms with Gasteiger partial charge in [-0.15, -0.1) is 0 Å². The molecule has 2 heterocycles. The number of fused-ring (bicyclic) bond motifs is 1. The zero-order valence-corrected chi connectivity index (χ0v) is 11.8. The molecule has 7 heteroatoms. The van der Waals surface area contributed by atoms with Crippen LogP contribution in [0.2, 0.25) is 0 Å². The van der Waals surface area contributed by atoms with E-state index in [0.29, 0.717) is 11.6 Å². The molecule has 1 aliphatic heterocycles. The molecule has 7 nitrogen and oxygen atoms in total. The molecule has 0 spiro atoms. The summed E-state index contributed by atoms with van der Waals surface area (Å²) in [6.45, 7) is 3.99. The average molecular weight is 285 g/mol. The third-order valence-corrected chi connectivity index (χ3v) is 3.58. The Bertz CT molecular complexity index is 722. The molecule has 2 N–H and O–H groups in total. The summed E-state index contributed by atoms with van der Waals surface area (Å²) in [6, 6.07) is 5.00. The minimum Gasteiger partial charge on any atom is -0.324 e. The van der Waals surface area contributed by atoms with Gasteiger partial charge in [0.15, 0.2) is 0 Å². The second kappa shape index (κ2) is 5.01. The van der Waals surface area contributed by atoms with Gasteiger partial charge in [-0.2, -0.15) is 10.1 Å². The number of nitrogens with zero attached hydrogens (tertiary/aromatic N) is 3. The van der Waals surface area contributed by atoms with Crippen molar-refractivity contribution in [2.24, 2.45) is 0 Å². The van der Waals surface area contributed by atoms with Crippen molar-refractivity contribution in [3.63, 3.8) is 0 Å². The van der Waals surface area contributed by atoms with E-state index in [0.717, 1.165) is 11.1 Å². The van der Waals surface area contributed by atoms with Crippen molar-refractivity contribution >= 4 is 23.5 Å². The molecule has 3 rings (SSSR count). The number of anilines is 2. The van der Waals surface area contributed by atoms with Gasteiger partial charge in [0.1, 0.15) is 12.4 Å². The summed E-state index contributed by atoms with van der Waals surface area (Å²) in [7, 11) is 0. The van der Waals surface area contributed by atoms with Gasteiger partial charge >= 0.3 is 0 Å². The van der Waals surface area contributed by atoms with Gasteiger partial charge in [0.25, 0.3) is 0 Å². The highest BCUT2D eigenvalue weighted by Gasteiger charge is 2.31. The SMILES string of the molecule is Cc1ccc(NC(=O)[C@@H]2CC(=O)Nc3ncnn32)cc1C. The monoisotopic (exact) mass is 285 g/mol. The van der Waals surface area contributed by atoms with Crippen LogP contribution in [0.3, 0.4) is 0 Å². The molecule has 2 aromatic rings. The van der Waals surface area contributed by atoms with E-state index in [1.165, 1.54) is 11.0 Å². The van der Waals surface area contributed by atoms with Gasteiger partial charge < -0.3 is 5.32 Å². The zero-order chi connectivity index (χ0) is 15.0. The summed E-state index contributed by atoms with van der Waals surface area (Å²) in [5.74, 6) is -0.220. The number of amides is 2. The van der Waals surface area contributed by atoms with E-state index in [9.17, 15) is 9.59 Å². The highest BCUT2D eigenvalue weighted by atomic mass is 16.2. The number of benzene rings is 1. The molecule has 1 atom stereocenters. The van der Waals surface area contributed by atoms with Gasteiger partial charge in [0.2, 0.25) is 17.8 Å². The van der Waals surface area contributed by atoms with Crippen LogP contribution >= 0.6 is 0 Å². The summed E-state index contributed by atoms with van der Waals surface area (Å²) in [4.78, 5) is 27.9. The predicted octanol–water partition coefficient (Wildman–Crippen LogP) is 1.42. The normalized spacial score (nSPS) is 17.0. The molecule has 1 aromatic carbocycles. The second-order valence-corrected chi connectivity index (χ2v) is 5.08. The molecule has 0 aliphatic carbocycles. The largest absolute Gasteiger partial charge is 0.324 e.